The molecular weight excluding hydrogens is 312 g/mol. The molecule has 1 amide bonds. The lowest BCUT2D eigenvalue weighted by Crippen LogP contribution is -2.49. The van der Waals surface area contributed by atoms with E-state index in [1.807, 2.05) is 25.7 Å². The van der Waals surface area contributed by atoms with Crippen LogP contribution < -0.4 is 0 Å². The minimum atomic E-state index is -0.424. The molecule has 1 heterocycles. The van der Waals surface area contributed by atoms with Gasteiger partial charge in [-0.3, -0.25) is 4.90 Å². The summed E-state index contributed by atoms with van der Waals surface area (Å²) in [6.07, 6.45) is 4.85. The van der Waals surface area contributed by atoms with Gasteiger partial charge in [-0.15, -0.1) is 0 Å². The van der Waals surface area contributed by atoms with Crippen molar-refractivity contribution in [1.29, 1.82) is 0 Å². The molecule has 0 unspecified atom stereocenters. The van der Waals surface area contributed by atoms with Crippen molar-refractivity contribution in [3.8, 4) is 0 Å². The number of amides is 1. The first-order valence-electron chi connectivity index (χ1n) is 9.65. The van der Waals surface area contributed by atoms with E-state index in [2.05, 4.69) is 36.1 Å². The number of nitrogens with zero attached hydrogens (tertiary/aromatic N) is 2. The number of rotatable bonds is 6. The van der Waals surface area contributed by atoms with Crippen LogP contribution >= 0.6 is 0 Å². The monoisotopic (exact) mass is 346 g/mol. The van der Waals surface area contributed by atoms with E-state index in [1.165, 1.54) is 36.8 Å². The van der Waals surface area contributed by atoms with Gasteiger partial charge in [0.25, 0.3) is 0 Å². The molecule has 0 bridgehead atoms. The van der Waals surface area contributed by atoms with Gasteiger partial charge in [-0.25, -0.2) is 4.79 Å². The lowest BCUT2D eigenvalue weighted by Gasteiger charge is -2.35. The standard InChI is InChI=1S/C21H34N2O2/c1-5-6-7-8-18-9-11-19(12-10-18)17-22-13-15-23(16-14-22)20(24)25-21(2,3)4/h9-12H,5-8,13-17H2,1-4H3. The molecule has 0 N–H and O–H groups in total. The van der Waals surface area contributed by atoms with Gasteiger partial charge in [0.2, 0.25) is 0 Å². The number of hydrogen-bond acceptors (Lipinski definition) is 3. The van der Waals surface area contributed by atoms with Crippen molar-refractivity contribution in [2.45, 2.75) is 65.5 Å². The molecule has 0 saturated carbocycles. The van der Waals surface area contributed by atoms with E-state index in [4.69, 9.17) is 4.74 Å². The molecule has 1 aliphatic heterocycles. The summed E-state index contributed by atoms with van der Waals surface area (Å²) in [6, 6.07) is 9.03. The maximum atomic E-state index is 12.1. The molecule has 140 valence electrons. The lowest BCUT2D eigenvalue weighted by molar-refractivity contribution is 0.0139. The Balaban J connectivity index is 1.75. The number of unbranched alkanes of at least 4 members (excludes halogenated alkanes) is 2. The first-order valence-corrected chi connectivity index (χ1v) is 9.65. The van der Waals surface area contributed by atoms with Gasteiger partial charge in [0.05, 0.1) is 0 Å². The summed E-state index contributed by atoms with van der Waals surface area (Å²) in [5.74, 6) is 0. The SMILES string of the molecule is CCCCCc1ccc(CN2CCN(C(=O)OC(C)(C)C)CC2)cc1. The summed E-state index contributed by atoms with van der Waals surface area (Å²) in [5.41, 5.74) is 2.37. The highest BCUT2D eigenvalue weighted by Gasteiger charge is 2.25. The first kappa shape index (κ1) is 19.8. The number of piperazine rings is 1. The predicted molar refractivity (Wildman–Crippen MR) is 103 cm³/mol. The highest BCUT2D eigenvalue weighted by atomic mass is 16.6. The van der Waals surface area contributed by atoms with Crippen LogP contribution in [0.2, 0.25) is 0 Å². The number of carbonyl (C=O) groups is 1. The van der Waals surface area contributed by atoms with Crippen molar-refractivity contribution in [3.63, 3.8) is 0 Å². The number of benzene rings is 1. The summed E-state index contributed by atoms with van der Waals surface area (Å²) in [4.78, 5) is 16.3. The molecule has 1 aromatic rings. The fourth-order valence-electron chi connectivity index (χ4n) is 3.06. The summed E-state index contributed by atoms with van der Waals surface area (Å²) in [7, 11) is 0. The second-order valence-corrected chi connectivity index (χ2v) is 8.02. The average Bonchev–Trinajstić information content (AvgIpc) is 2.56. The van der Waals surface area contributed by atoms with Gasteiger partial charge in [-0.2, -0.15) is 0 Å². The smallest absolute Gasteiger partial charge is 0.410 e. The Bertz CT molecular complexity index is 526. The van der Waals surface area contributed by atoms with Crippen LogP contribution in [-0.2, 0) is 17.7 Å². The molecule has 1 aliphatic rings. The van der Waals surface area contributed by atoms with E-state index in [0.29, 0.717) is 0 Å². The fourth-order valence-corrected chi connectivity index (χ4v) is 3.06. The maximum Gasteiger partial charge on any atom is 0.410 e. The zero-order valence-corrected chi connectivity index (χ0v) is 16.4. The Kier molecular flexibility index (Phi) is 7.30. The third kappa shape index (κ3) is 7.07. The van der Waals surface area contributed by atoms with Gasteiger partial charge in [0.15, 0.2) is 0 Å². The molecule has 1 aromatic carbocycles. The minimum Gasteiger partial charge on any atom is -0.444 e. The first-order chi connectivity index (χ1) is 11.9. The Morgan fingerprint density at radius 2 is 1.60 bits per heavy atom. The zero-order chi connectivity index (χ0) is 18.3. The molecule has 1 saturated heterocycles. The van der Waals surface area contributed by atoms with Crippen LogP contribution in [0.5, 0.6) is 0 Å². The lowest BCUT2D eigenvalue weighted by atomic mass is 10.1. The molecule has 0 atom stereocenters. The van der Waals surface area contributed by atoms with Crippen molar-refractivity contribution in [3.05, 3.63) is 35.4 Å². The highest BCUT2D eigenvalue weighted by Crippen LogP contribution is 2.14. The van der Waals surface area contributed by atoms with Crippen molar-refractivity contribution >= 4 is 6.09 Å². The number of aryl methyl sites for hydroxylation is 1. The Labute approximate surface area is 153 Å². The van der Waals surface area contributed by atoms with Crippen LogP contribution in [0.4, 0.5) is 4.79 Å². The van der Waals surface area contributed by atoms with Gasteiger partial charge in [0, 0.05) is 32.7 Å². The van der Waals surface area contributed by atoms with Crippen LogP contribution in [-0.4, -0.2) is 47.7 Å². The van der Waals surface area contributed by atoms with Crippen molar-refractivity contribution in [2.24, 2.45) is 0 Å². The normalized spacial score (nSPS) is 16.1. The Morgan fingerprint density at radius 3 is 2.16 bits per heavy atom. The summed E-state index contributed by atoms with van der Waals surface area (Å²) >= 11 is 0. The quantitative estimate of drug-likeness (QED) is 0.712. The van der Waals surface area contributed by atoms with Crippen LogP contribution in [0.15, 0.2) is 24.3 Å². The third-order valence-electron chi connectivity index (χ3n) is 4.52. The van der Waals surface area contributed by atoms with Crippen LogP contribution in [0.25, 0.3) is 0 Å². The van der Waals surface area contributed by atoms with Crippen molar-refractivity contribution < 1.29 is 9.53 Å². The van der Waals surface area contributed by atoms with Crippen molar-refractivity contribution in [1.82, 2.24) is 9.80 Å². The number of carbonyl (C=O) groups excluding carboxylic acids is 1. The zero-order valence-electron chi connectivity index (χ0n) is 16.4. The van der Waals surface area contributed by atoms with Gasteiger partial charge in [0.1, 0.15) is 5.60 Å². The molecule has 2 rings (SSSR count). The van der Waals surface area contributed by atoms with E-state index in [9.17, 15) is 4.79 Å². The largest absolute Gasteiger partial charge is 0.444 e. The molecule has 4 heteroatoms. The molecule has 0 aromatic heterocycles. The van der Waals surface area contributed by atoms with Crippen molar-refractivity contribution in [2.75, 3.05) is 26.2 Å². The molecule has 4 nitrogen and oxygen atoms in total. The van der Waals surface area contributed by atoms with E-state index in [-0.39, 0.29) is 6.09 Å². The van der Waals surface area contributed by atoms with Crippen LogP contribution in [0, 0.1) is 0 Å². The molecular formula is C21H34N2O2. The van der Waals surface area contributed by atoms with Crippen LogP contribution in [0.3, 0.4) is 0 Å². The summed E-state index contributed by atoms with van der Waals surface area (Å²) < 4.78 is 5.45. The van der Waals surface area contributed by atoms with Crippen LogP contribution in [0.1, 0.15) is 58.1 Å². The fraction of sp³-hybridized carbons (Fsp3) is 0.667. The minimum absolute atomic E-state index is 0.191. The Morgan fingerprint density at radius 1 is 1.00 bits per heavy atom. The van der Waals surface area contributed by atoms with E-state index in [1.54, 1.807) is 0 Å². The van der Waals surface area contributed by atoms with E-state index < -0.39 is 5.60 Å². The molecule has 1 fully saturated rings. The second kappa shape index (κ2) is 9.23. The number of hydrogen-bond donors (Lipinski definition) is 0. The molecule has 25 heavy (non-hydrogen) atoms. The summed E-state index contributed by atoms with van der Waals surface area (Å²) in [6.45, 7) is 12.2. The van der Waals surface area contributed by atoms with Gasteiger partial charge >= 0.3 is 6.09 Å². The summed E-state index contributed by atoms with van der Waals surface area (Å²) in [5, 5.41) is 0. The van der Waals surface area contributed by atoms with Gasteiger partial charge in [-0.1, -0.05) is 44.0 Å². The van der Waals surface area contributed by atoms with Gasteiger partial charge < -0.3 is 9.64 Å². The number of ether oxygens (including phenoxy) is 1. The maximum absolute atomic E-state index is 12.1. The Hall–Kier alpha value is -1.55. The third-order valence-corrected chi connectivity index (χ3v) is 4.52. The molecule has 0 spiro atoms. The average molecular weight is 347 g/mol. The molecule has 0 radical (unpaired) electrons. The van der Waals surface area contributed by atoms with E-state index >= 15 is 0 Å². The van der Waals surface area contributed by atoms with E-state index in [0.717, 1.165) is 32.7 Å². The topological polar surface area (TPSA) is 32.8 Å². The predicted octanol–water partition coefficient (Wildman–Crippen LogP) is 4.47. The van der Waals surface area contributed by atoms with Gasteiger partial charge in [-0.05, 0) is 44.7 Å². The highest BCUT2D eigenvalue weighted by molar-refractivity contribution is 5.68. The molecule has 0 aliphatic carbocycles. The second-order valence-electron chi connectivity index (χ2n) is 8.02.